The van der Waals surface area contributed by atoms with Crippen molar-refractivity contribution in [1.82, 2.24) is 0 Å². The van der Waals surface area contributed by atoms with E-state index in [-0.39, 0.29) is 5.95 Å². The van der Waals surface area contributed by atoms with Gasteiger partial charge in [-0.25, -0.2) is 0 Å². The maximum Gasteiger partial charge on any atom is 0.282 e. The van der Waals surface area contributed by atoms with Gasteiger partial charge in [0.15, 0.2) is 0 Å². The second-order valence-corrected chi connectivity index (χ2v) is 4.01. The summed E-state index contributed by atoms with van der Waals surface area (Å²) in [5, 5.41) is 0. The van der Waals surface area contributed by atoms with Gasteiger partial charge in [0, 0.05) is 0 Å². The molecule has 0 saturated carbocycles. The van der Waals surface area contributed by atoms with E-state index in [9.17, 15) is 4.79 Å². The van der Waals surface area contributed by atoms with E-state index < -0.39 is 9.58 Å². The van der Waals surface area contributed by atoms with Crippen LogP contribution in [0.1, 0.15) is 0 Å². The zero-order valence-electron chi connectivity index (χ0n) is 6.44. The van der Waals surface area contributed by atoms with Crippen LogP contribution in [0.4, 0.5) is 0 Å². The van der Waals surface area contributed by atoms with Crippen LogP contribution >= 0.6 is 34.8 Å². The molecule has 6 heteroatoms. The summed E-state index contributed by atoms with van der Waals surface area (Å²) in [6, 6.07) is 0. The zero-order chi connectivity index (χ0) is 9.78. The molecule has 0 aromatic heterocycles. The Morgan fingerprint density at radius 3 is 1.92 bits per heavy atom. The summed E-state index contributed by atoms with van der Waals surface area (Å²) in [6.07, 6.45) is 0.965. The SMILES string of the molecule is COC(=CC(=O)C(Cl)(Cl)Cl)OC. The van der Waals surface area contributed by atoms with Crippen molar-refractivity contribution in [1.29, 1.82) is 0 Å². The third-order valence-electron chi connectivity index (χ3n) is 0.931. The van der Waals surface area contributed by atoms with E-state index in [1.54, 1.807) is 0 Å². The highest BCUT2D eigenvalue weighted by Crippen LogP contribution is 2.27. The minimum absolute atomic E-state index is 0.00803. The van der Waals surface area contributed by atoms with Crippen molar-refractivity contribution in [3.8, 4) is 0 Å². The molecule has 0 unspecified atom stereocenters. The summed E-state index contributed by atoms with van der Waals surface area (Å²) >= 11 is 15.8. The number of methoxy groups -OCH3 is 2. The Labute approximate surface area is 85.2 Å². The molecule has 0 aliphatic rings. The molecule has 0 radical (unpaired) electrons. The molecular weight excluding hydrogens is 226 g/mol. The van der Waals surface area contributed by atoms with Crippen LogP contribution in [0.25, 0.3) is 0 Å². The molecule has 70 valence electrons. The summed E-state index contributed by atoms with van der Waals surface area (Å²) in [7, 11) is 2.67. The fourth-order valence-corrected chi connectivity index (χ4v) is 0.554. The third-order valence-corrected chi connectivity index (χ3v) is 1.49. The summed E-state index contributed by atoms with van der Waals surface area (Å²) in [5.74, 6) is -0.725. The van der Waals surface area contributed by atoms with Crippen molar-refractivity contribution in [2.45, 2.75) is 3.79 Å². The summed E-state index contributed by atoms with van der Waals surface area (Å²) in [5.41, 5.74) is 0. The first kappa shape index (κ1) is 11.9. The van der Waals surface area contributed by atoms with E-state index in [4.69, 9.17) is 34.8 Å². The van der Waals surface area contributed by atoms with Gasteiger partial charge < -0.3 is 9.47 Å². The van der Waals surface area contributed by atoms with Crippen molar-refractivity contribution >= 4 is 40.6 Å². The lowest BCUT2D eigenvalue weighted by Crippen LogP contribution is -2.16. The molecule has 0 N–H and O–H groups in total. The Hall–Kier alpha value is -0.120. The van der Waals surface area contributed by atoms with Gasteiger partial charge in [-0.2, -0.15) is 0 Å². The fraction of sp³-hybridized carbons (Fsp3) is 0.500. The lowest BCUT2D eigenvalue weighted by Gasteiger charge is -2.07. The Kier molecular flexibility index (Phi) is 4.75. The maximum absolute atomic E-state index is 11.0. The van der Waals surface area contributed by atoms with E-state index in [1.165, 1.54) is 14.2 Å². The van der Waals surface area contributed by atoms with Crippen molar-refractivity contribution in [3.05, 3.63) is 12.0 Å². The molecule has 0 bridgehead atoms. The Morgan fingerprint density at radius 2 is 1.67 bits per heavy atom. The third kappa shape index (κ3) is 4.04. The van der Waals surface area contributed by atoms with Crippen LogP contribution in [-0.2, 0) is 14.3 Å². The highest BCUT2D eigenvalue weighted by Gasteiger charge is 2.29. The van der Waals surface area contributed by atoms with Crippen LogP contribution < -0.4 is 0 Å². The first-order valence-corrected chi connectivity index (χ1v) is 3.96. The summed E-state index contributed by atoms with van der Waals surface area (Å²) in [6.45, 7) is 0. The number of halogens is 3. The molecule has 0 atom stereocenters. The Morgan fingerprint density at radius 1 is 1.25 bits per heavy atom. The van der Waals surface area contributed by atoms with Gasteiger partial charge in [-0.15, -0.1) is 0 Å². The second-order valence-electron chi connectivity index (χ2n) is 1.73. The summed E-state index contributed by atoms with van der Waals surface area (Å²) in [4.78, 5) is 11.0. The van der Waals surface area contributed by atoms with Gasteiger partial charge in [0.1, 0.15) is 0 Å². The van der Waals surface area contributed by atoms with E-state index in [2.05, 4.69) is 9.47 Å². The number of allylic oxidation sites excluding steroid dienone is 1. The van der Waals surface area contributed by atoms with Gasteiger partial charge in [0.25, 0.3) is 9.74 Å². The van der Waals surface area contributed by atoms with Crippen LogP contribution in [0, 0.1) is 0 Å². The van der Waals surface area contributed by atoms with Gasteiger partial charge in [-0.1, -0.05) is 34.8 Å². The van der Waals surface area contributed by atoms with Crippen LogP contribution in [0.5, 0.6) is 0 Å². The van der Waals surface area contributed by atoms with Gasteiger partial charge in [-0.05, 0) is 0 Å². The molecule has 0 heterocycles. The molecule has 0 aliphatic heterocycles. The van der Waals surface area contributed by atoms with Crippen LogP contribution in [0.2, 0.25) is 0 Å². The van der Waals surface area contributed by atoms with E-state index in [0.29, 0.717) is 0 Å². The number of alkyl halides is 3. The molecule has 0 rings (SSSR count). The number of ether oxygens (including phenoxy) is 2. The minimum atomic E-state index is -1.97. The van der Waals surface area contributed by atoms with Crippen LogP contribution in [-0.4, -0.2) is 23.8 Å². The number of carbonyl (C=O) groups excluding carboxylic acids is 1. The second kappa shape index (κ2) is 4.80. The minimum Gasteiger partial charge on any atom is -0.469 e. The average molecular weight is 233 g/mol. The molecule has 0 fully saturated rings. The summed E-state index contributed by atoms with van der Waals surface area (Å²) < 4.78 is 7.24. The maximum atomic E-state index is 11.0. The number of carbonyl (C=O) groups is 1. The van der Waals surface area contributed by atoms with E-state index in [1.807, 2.05) is 0 Å². The van der Waals surface area contributed by atoms with Gasteiger partial charge in [-0.3, -0.25) is 4.79 Å². The molecular formula is C6H7Cl3O3. The smallest absolute Gasteiger partial charge is 0.282 e. The van der Waals surface area contributed by atoms with E-state index in [0.717, 1.165) is 6.08 Å². The lowest BCUT2D eigenvalue weighted by molar-refractivity contribution is -0.114. The van der Waals surface area contributed by atoms with Gasteiger partial charge in [0.05, 0.1) is 20.3 Å². The van der Waals surface area contributed by atoms with Crippen molar-refractivity contribution < 1.29 is 14.3 Å². The molecule has 0 aromatic carbocycles. The van der Waals surface area contributed by atoms with Gasteiger partial charge in [0.2, 0.25) is 5.78 Å². The number of hydrogen-bond acceptors (Lipinski definition) is 3. The highest BCUT2D eigenvalue weighted by atomic mass is 35.6. The highest BCUT2D eigenvalue weighted by molar-refractivity contribution is 6.77. The number of ketones is 1. The number of rotatable bonds is 3. The average Bonchev–Trinajstić information content (AvgIpc) is 1.97. The van der Waals surface area contributed by atoms with Crippen molar-refractivity contribution in [3.63, 3.8) is 0 Å². The monoisotopic (exact) mass is 232 g/mol. The predicted molar refractivity (Wildman–Crippen MR) is 47.4 cm³/mol. The molecule has 0 amide bonds. The van der Waals surface area contributed by atoms with Crippen molar-refractivity contribution in [2.24, 2.45) is 0 Å². The first-order chi connectivity index (χ1) is 5.41. The molecule has 0 spiro atoms. The topological polar surface area (TPSA) is 35.5 Å². The van der Waals surface area contributed by atoms with Crippen molar-refractivity contribution in [2.75, 3.05) is 14.2 Å². The standard InChI is InChI=1S/C6H7Cl3O3/c1-11-5(12-2)3-4(10)6(7,8)9/h3H,1-2H3. The predicted octanol–water partition coefficient (Wildman–Crippen LogP) is 2.06. The largest absolute Gasteiger partial charge is 0.469 e. The Bertz CT molecular complexity index is 189. The first-order valence-electron chi connectivity index (χ1n) is 2.82. The lowest BCUT2D eigenvalue weighted by atomic mass is 10.4. The van der Waals surface area contributed by atoms with E-state index >= 15 is 0 Å². The normalized spacial score (nSPS) is 10.4. The number of hydrogen-bond donors (Lipinski definition) is 0. The molecule has 0 aromatic rings. The zero-order valence-corrected chi connectivity index (χ0v) is 8.70. The molecule has 0 saturated heterocycles. The van der Waals surface area contributed by atoms with Gasteiger partial charge >= 0.3 is 0 Å². The fourth-order valence-electron chi connectivity index (χ4n) is 0.390. The van der Waals surface area contributed by atoms with Crippen LogP contribution in [0.15, 0.2) is 12.0 Å². The molecule has 0 aliphatic carbocycles. The Balaban J connectivity index is 4.42. The van der Waals surface area contributed by atoms with Crippen LogP contribution in [0.3, 0.4) is 0 Å². The quantitative estimate of drug-likeness (QED) is 0.425. The molecule has 3 nitrogen and oxygen atoms in total. The molecule has 12 heavy (non-hydrogen) atoms.